The van der Waals surface area contributed by atoms with E-state index in [1.807, 2.05) is 19.9 Å². The molecule has 0 aliphatic carbocycles. The van der Waals surface area contributed by atoms with E-state index >= 15 is 0 Å². The Kier molecular flexibility index (Phi) is 4.99. The van der Waals surface area contributed by atoms with Crippen LogP contribution in [0, 0.1) is 6.92 Å². The SMILES string of the molecule is CCOC(=O)CN[C@H](C)c1cccc(C)c1. The molecule has 0 spiro atoms. The second-order valence-electron chi connectivity index (χ2n) is 3.82. The van der Waals surface area contributed by atoms with Crippen LogP contribution in [-0.2, 0) is 9.53 Å². The summed E-state index contributed by atoms with van der Waals surface area (Å²) in [5.74, 6) is -0.206. The van der Waals surface area contributed by atoms with Gasteiger partial charge in [0.25, 0.3) is 0 Å². The third-order valence-corrected chi connectivity index (χ3v) is 2.40. The monoisotopic (exact) mass is 221 g/mol. The predicted octanol–water partition coefficient (Wildman–Crippen LogP) is 2.21. The summed E-state index contributed by atoms with van der Waals surface area (Å²) in [4.78, 5) is 11.2. The molecule has 1 atom stereocenters. The van der Waals surface area contributed by atoms with Crippen LogP contribution in [0.2, 0.25) is 0 Å². The van der Waals surface area contributed by atoms with Gasteiger partial charge >= 0.3 is 5.97 Å². The fraction of sp³-hybridized carbons (Fsp3) is 0.462. The van der Waals surface area contributed by atoms with Crippen molar-refractivity contribution in [3.63, 3.8) is 0 Å². The van der Waals surface area contributed by atoms with Crippen molar-refractivity contribution in [2.45, 2.75) is 26.8 Å². The molecule has 0 saturated heterocycles. The second-order valence-corrected chi connectivity index (χ2v) is 3.82. The lowest BCUT2D eigenvalue weighted by molar-refractivity contribution is -0.142. The van der Waals surface area contributed by atoms with Crippen LogP contribution >= 0.6 is 0 Å². The normalized spacial score (nSPS) is 12.2. The quantitative estimate of drug-likeness (QED) is 0.775. The van der Waals surface area contributed by atoms with E-state index in [0.717, 1.165) is 0 Å². The number of hydrogen-bond acceptors (Lipinski definition) is 3. The van der Waals surface area contributed by atoms with E-state index in [2.05, 4.69) is 30.4 Å². The molecule has 3 nitrogen and oxygen atoms in total. The molecule has 1 aromatic carbocycles. The summed E-state index contributed by atoms with van der Waals surface area (Å²) in [6.07, 6.45) is 0. The molecule has 0 unspecified atom stereocenters. The van der Waals surface area contributed by atoms with Gasteiger partial charge in [0.2, 0.25) is 0 Å². The van der Waals surface area contributed by atoms with Crippen molar-refractivity contribution >= 4 is 5.97 Å². The molecule has 0 fully saturated rings. The zero-order valence-electron chi connectivity index (χ0n) is 10.1. The molecule has 0 heterocycles. The van der Waals surface area contributed by atoms with Crippen molar-refractivity contribution in [2.75, 3.05) is 13.2 Å². The van der Waals surface area contributed by atoms with Crippen LogP contribution < -0.4 is 5.32 Å². The van der Waals surface area contributed by atoms with Crippen LogP contribution in [0.4, 0.5) is 0 Å². The summed E-state index contributed by atoms with van der Waals surface area (Å²) in [6.45, 7) is 6.58. The van der Waals surface area contributed by atoms with Crippen molar-refractivity contribution < 1.29 is 9.53 Å². The summed E-state index contributed by atoms with van der Waals surface area (Å²) in [6, 6.07) is 8.40. The van der Waals surface area contributed by atoms with Crippen molar-refractivity contribution in [3.05, 3.63) is 35.4 Å². The average Bonchev–Trinajstić information content (AvgIpc) is 2.26. The number of rotatable bonds is 5. The molecule has 1 rings (SSSR count). The van der Waals surface area contributed by atoms with Gasteiger partial charge in [-0.05, 0) is 26.3 Å². The van der Waals surface area contributed by atoms with Gasteiger partial charge in [-0.25, -0.2) is 0 Å². The highest BCUT2D eigenvalue weighted by atomic mass is 16.5. The van der Waals surface area contributed by atoms with Crippen LogP contribution in [0.25, 0.3) is 0 Å². The largest absolute Gasteiger partial charge is 0.465 e. The number of hydrogen-bond donors (Lipinski definition) is 1. The molecule has 0 bridgehead atoms. The maximum Gasteiger partial charge on any atom is 0.319 e. The standard InChI is InChI=1S/C13H19NO2/c1-4-16-13(15)9-14-11(3)12-7-5-6-10(2)8-12/h5-8,11,14H,4,9H2,1-3H3/t11-/m1/s1. The summed E-state index contributed by atoms with van der Waals surface area (Å²) in [5, 5.41) is 3.14. The average molecular weight is 221 g/mol. The van der Waals surface area contributed by atoms with Gasteiger partial charge in [0.1, 0.15) is 0 Å². The molecular weight excluding hydrogens is 202 g/mol. The number of esters is 1. The fourth-order valence-electron chi connectivity index (χ4n) is 1.51. The molecule has 0 radical (unpaired) electrons. The number of benzene rings is 1. The minimum atomic E-state index is -0.206. The van der Waals surface area contributed by atoms with Crippen LogP contribution in [-0.4, -0.2) is 19.1 Å². The molecule has 0 aromatic heterocycles. The van der Waals surface area contributed by atoms with Crippen LogP contribution in [0.1, 0.15) is 31.0 Å². The van der Waals surface area contributed by atoms with E-state index in [1.165, 1.54) is 11.1 Å². The first-order valence-corrected chi connectivity index (χ1v) is 5.59. The van der Waals surface area contributed by atoms with Crippen LogP contribution in [0.5, 0.6) is 0 Å². The molecule has 0 aliphatic heterocycles. The Morgan fingerprint density at radius 2 is 2.25 bits per heavy atom. The van der Waals surface area contributed by atoms with E-state index in [1.54, 1.807) is 0 Å². The minimum absolute atomic E-state index is 0.157. The van der Waals surface area contributed by atoms with Crippen LogP contribution in [0.3, 0.4) is 0 Å². The maximum atomic E-state index is 11.2. The molecule has 0 saturated carbocycles. The lowest BCUT2D eigenvalue weighted by atomic mass is 10.1. The first-order chi connectivity index (χ1) is 7.63. The smallest absolute Gasteiger partial charge is 0.319 e. The highest BCUT2D eigenvalue weighted by molar-refractivity contribution is 5.71. The van der Waals surface area contributed by atoms with Gasteiger partial charge in [-0.3, -0.25) is 4.79 Å². The van der Waals surface area contributed by atoms with Gasteiger partial charge in [0, 0.05) is 6.04 Å². The van der Waals surface area contributed by atoms with E-state index in [9.17, 15) is 4.79 Å². The Labute approximate surface area is 96.8 Å². The Morgan fingerprint density at radius 1 is 1.50 bits per heavy atom. The molecular formula is C13H19NO2. The number of nitrogens with one attached hydrogen (secondary N) is 1. The minimum Gasteiger partial charge on any atom is -0.465 e. The van der Waals surface area contributed by atoms with Gasteiger partial charge in [-0.1, -0.05) is 29.8 Å². The van der Waals surface area contributed by atoms with E-state index in [-0.39, 0.29) is 18.6 Å². The third kappa shape index (κ3) is 4.03. The Balaban J connectivity index is 2.46. The fourth-order valence-corrected chi connectivity index (χ4v) is 1.51. The molecule has 88 valence electrons. The van der Waals surface area contributed by atoms with Gasteiger partial charge in [0.15, 0.2) is 0 Å². The molecule has 1 aromatic rings. The van der Waals surface area contributed by atoms with E-state index in [4.69, 9.17) is 4.74 Å². The first kappa shape index (κ1) is 12.7. The summed E-state index contributed by atoms with van der Waals surface area (Å²) >= 11 is 0. The Hall–Kier alpha value is -1.35. The number of ether oxygens (including phenoxy) is 1. The van der Waals surface area contributed by atoms with Gasteiger partial charge < -0.3 is 10.1 Å². The van der Waals surface area contributed by atoms with Crippen molar-refractivity contribution in [1.29, 1.82) is 0 Å². The number of carbonyl (C=O) groups is 1. The molecule has 0 aliphatic rings. The predicted molar refractivity (Wildman–Crippen MR) is 64.2 cm³/mol. The summed E-state index contributed by atoms with van der Waals surface area (Å²) < 4.78 is 4.85. The van der Waals surface area contributed by atoms with Gasteiger partial charge in [-0.2, -0.15) is 0 Å². The lowest BCUT2D eigenvalue weighted by Gasteiger charge is -2.14. The first-order valence-electron chi connectivity index (χ1n) is 5.59. The molecule has 16 heavy (non-hydrogen) atoms. The lowest BCUT2D eigenvalue weighted by Crippen LogP contribution is -2.27. The van der Waals surface area contributed by atoms with Crippen molar-refractivity contribution in [1.82, 2.24) is 5.32 Å². The zero-order valence-corrected chi connectivity index (χ0v) is 10.1. The molecule has 1 N–H and O–H groups in total. The highest BCUT2D eigenvalue weighted by Gasteiger charge is 2.07. The second kappa shape index (κ2) is 6.28. The van der Waals surface area contributed by atoms with E-state index in [0.29, 0.717) is 6.61 Å². The number of carbonyl (C=O) groups excluding carboxylic acids is 1. The van der Waals surface area contributed by atoms with E-state index < -0.39 is 0 Å². The summed E-state index contributed by atoms with van der Waals surface area (Å²) in [5.41, 5.74) is 2.41. The van der Waals surface area contributed by atoms with Crippen molar-refractivity contribution in [2.24, 2.45) is 0 Å². The van der Waals surface area contributed by atoms with Gasteiger partial charge in [-0.15, -0.1) is 0 Å². The van der Waals surface area contributed by atoms with Crippen LogP contribution in [0.15, 0.2) is 24.3 Å². The zero-order chi connectivity index (χ0) is 12.0. The summed E-state index contributed by atoms with van der Waals surface area (Å²) in [7, 11) is 0. The molecule has 3 heteroatoms. The Morgan fingerprint density at radius 3 is 2.88 bits per heavy atom. The maximum absolute atomic E-state index is 11.2. The molecule has 0 amide bonds. The van der Waals surface area contributed by atoms with Gasteiger partial charge in [0.05, 0.1) is 13.2 Å². The van der Waals surface area contributed by atoms with Crippen molar-refractivity contribution in [3.8, 4) is 0 Å². The Bertz CT molecular complexity index is 350. The topological polar surface area (TPSA) is 38.3 Å². The third-order valence-electron chi connectivity index (χ3n) is 2.40. The highest BCUT2D eigenvalue weighted by Crippen LogP contribution is 2.13. The number of aryl methyl sites for hydroxylation is 1.